The van der Waals surface area contributed by atoms with Crippen LogP contribution >= 0.6 is 0 Å². The summed E-state index contributed by atoms with van der Waals surface area (Å²) in [5, 5.41) is 9.24. The Bertz CT molecular complexity index is 407. The number of benzene rings is 1. The standard InChI is InChI=1S/C15H21NO2.C2H6.Pr/c1-3-4-11-15(2,14(17)18)16-12-10-13-8-6-5-7-9-13;1-2;/h5-9,12H,3-4,10-11H2,1-2H3,(H,17,18);1-2H3;. The SMILES string of the molecule is CC.CCCCC(C)(N=CCc1ccccc1)C(=O)O.[Pr]. The molecule has 0 saturated heterocycles. The molecule has 3 nitrogen and oxygen atoms in total. The third-order valence-electron chi connectivity index (χ3n) is 3.02. The average Bonchev–Trinajstić information content (AvgIpc) is 2.48. The summed E-state index contributed by atoms with van der Waals surface area (Å²) >= 11 is 0. The predicted octanol–water partition coefficient (Wildman–Crippen LogP) is 4.36. The number of unbranched alkanes of at least 4 members (excludes halogenated alkanes) is 1. The number of hydrogen-bond acceptors (Lipinski definition) is 2. The molecule has 1 aromatic carbocycles. The molecular formula is C17H27NO2Pr. The maximum Gasteiger partial charge on any atom is 0.331 e. The number of rotatable bonds is 7. The van der Waals surface area contributed by atoms with E-state index in [1.54, 1.807) is 13.1 Å². The van der Waals surface area contributed by atoms with Gasteiger partial charge in [-0.2, -0.15) is 0 Å². The van der Waals surface area contributed by atoms with Crippen LogP contribution in [0.5, 0.6) is 0 Å². The Morgan fingerprint density at radius 3 is 2.33 bits per heavy atom. The van der Waals surface area contributed by atoms with Gasteiger partial charge < -0.3 is 5.11 Å². The number of hydrogen-bond donors (Lipinski definition) is 1. The fourth-order valence-electron chi connectivity index (χ4n) is 1.71. The fraction of sp³-hybridized carbons (Fsp3) is 0.529. The van der Waals surface area contributed by atoms with Crippen LogP contribution in [0.15, 0.2) is 35.3 Å². The number of carboxylic acids is 1. The second-order valence-corrected chi connectivity index (χ2v) is 4.68. The van der Waals surface area contributed by atoms with E-state index >= 15 is 0 Å². The Kier molecular flexibility index (Phi) is 14.7. The normalized spacial score (nSPS) is 12.8. The zero-order valence-corrected chi connectivity index (χ0v) is 17.4. The van der Waals surface area contributed by atoms with Gasteiger partial charge in [-0.3, -0.25) is 4.99 Å². The number of nitrogens with zero attached hydrogens (tertiary/aromatic N) is 1. The van der Waals surface area contributed by atoms with Gasteiger partial charge >= 0.3 is 5.97 Å². The maximum atomic E-state index is 11.3. The van der Waals surface area contributed by atoms with Crippen molar-refractivity contribution in [3.8, 4) is 0 Å². The van der Waals surface area contributed by atoms with Crippen LogP contribution in [0, 0.1) is 41.3 Å². The monoisotopic (exact) mass is 418 g/mol. The molecule has 0 heterocycles. The zero-order valence-electron chi connectivity index (χ0n) is 13.7. The van der Waals surface area contributed by atoms with E-state index in [0.717, 1.165) is 18.4 Å². The molecule has 0 aliphatic carbocycles. The second-order valence-electron chi connectivity index (χ2n) is 4.68. The van der Waals surface area contributed by atoms with E-state index in [1.165, 1.54) is 0 Å². The van der Waals surface area contributed by atoms with Crippen molar-refractivity contribution in [3.63, 3.8) is 0 Å². The average molecular weight is 418 g/mol. The van der Waals surface area contributed by atoms with E-state index in [9.17, 15) is 9.90 Å². The van der Waals surface area contributed by atoms with E-state index in [-0.39, 0.29) is 41.3 Å². The summed E-state index contributed by atoms with van der Waals surface area (Å²) in [6.45, 7) is 7.74. The third-order valence-corrected chi connectivity index (χ3v) is 3.02. The van der Waals surface area contributed by atoms with Gasteiger partial charge in [0.1, 0.15) is 0 Å². The summed E-state index contributed by atoms with van der Waals surface area (Å²) in [5.41, 5.74) is 0.162. The molecule has 0 aromatic heterocycles. The van der Waals surface area contributed by atoms with Crippen LogP contribution in [0.25, 0.3) is 0 Å². The Labute approximate surface area is 162 Å². The minimum atomic E-state index is -0.981. The summed E-state index contributed by atoms with van der Waals surface area (Å²) in [6, 6.07) is 9.92. The van der Waals surface area contributed by atoms with Crippen molar-refractivity contribution in [2.24, 2.45) is 4.99 Å². The van der Waals surface area contributed by atoms with Crippen molar-refractivity contribution in [1.82, 2.24) is 0 Å². The summed E-state index contributed by atoms with van der Waals surface area (Å²) in [5.74, 6) is -0.847. The first-order chi connectivity index (χ1) is 9.58. The van der Waals surface area contributed by atoms with Crippen LogP contribution in [0.1, 0.15) is 52.5 Å². The van der Waals surface area contributed by atoms with Gasteiger partial charge in [-0.05, 0) is 18.9 Å². The number of carbonyl (C=O) groups is 1. The Morgan fingerprint density at radius 2 is 1.86 bits per heavy atom. The molecule has 1 atom stereocenters. The molecule has 0 bridgehead atoms. The van der Waals surface area contributed by atoms with Crippen LogP contribution < -0.4 is 0 Å². The van der Waals surface area contributed by atoms with Gasteiger partial charge in [0.15, 0.2) is 5.54 Å². The first kappa shape index (κ1) is 23.0. The van der Waals surface area contributed by atoms with E-state index in [2.05, 4.69) is 11.9 Å². The van der Waals surface area contributed by atoms with E-state index < -0.39 is 11.5 Å². The maximum absolute atomic E-state index is 11.3. The van der Waals surface area contributed by atoms with Crippen LogP contribution in [0.3, 0.4) is 0 Å². The first-order valence-electron chi connectivity index (χ1n) is 7.39. The molecule has 0 fully saturated rings. The van der Waals surface area contributed by atoms with Crippen LogP contribution in [0.4, 0.5) is 0 Å². The number of aliphatic carboxylic acids is 1. The molecule has 1 radical (unpaired) electrons. The van der Waals surface area contributed by atoms with Gasteiger partial charge in [-0.15, -0.1) is 0 Å². The predicted molar refractivity (Wildman–Crippen MR) is 85.6 cm³/mol. The van der Waals surface area contributed by atoms with Gasteiger partial charge in [-0.25, -0.2) is 4.79 Å². The van der Waals surface area contributed by atoms with E-state index in [1.807, 2.05) is 44.2 Å². The molecule has 0 saturated carbocycles. The summed E-state index contributed by atoms with van der Waals surface area (Å²) in [7, 11) is 0. The third kappa shape index (κ3) is 9.36. The van der Waals surface area contributed by atoms with Gasteiger partial charge in [0.2, 0.25) is 0 Å². The van der Waals surface area contributed by atoms with Crippen molar-refractivity contribution in [2.75, 3.05) is 0 Å². The summed E-state index contributed by atoms with van der Waals surface area (Å²) in [6.07, 6.45) is 4.85. The minimum Gasteiger partial charge on any atom is -0.479 e. The van der Waals surface area contributed by atoms with Gasteiger partial charge in [-0.1, -0.05) is 63.9 Å². The molecule has 0 aliphatic rings. The topological polar surface area (TPSA) is 49.7 Å². The van der Waals surface area contributed by atoms with Gasteiger partial charge in [0.25, 0.3) is 0 Å². The van der Waals surface area contributed by atoms with Gasteiger partial charge in [0.05, 0.1) is 0 Å². The van der Waals surface area contributed by atoms with Crippen molar-refractivity contribution >= 4 is 12.2 Å². The molecule has 0 aliphatic heterocycles. The molecular weight excluding hydrogens is 391 g/mol. The minimum absolute atomic E-state index is 0. The summed E-state index contributed by atoms with van der Waals surface area (Å²) < 4.78 is 0. The van der Waals surface area contributed by atoms with Crippen molar-refractivity contribution in [2.45, 2.75) is 58.9 Å². The largest absolute Gasteiger partial charge is 0.479 e. The van der Waals surface area contributed by atoms with Crippen LogP contribution in [-0.2, 0) is 11.2 Å². The molecule has 1 rings (SSSR count). The molecule has 1 aromatic rings. The molecule has 1 N–H and O–H groups in total. The molecule has 0 spiro atoms. The second kappa shape index (κ2) is 13.4. The van der Waals surface area contributed by atoms with E-state index in [4.69, 9.17) is 0 Å². The molecule has 4 heteroatoms. The smallest absolute Gasteiger partial charge is 0.331 e. The Morgan fingerprint density at radius 1 is 1.29 bits per heavy atom. The Balaban J connectivity index is 0. The van der Waals surface area contributed by atoms with Crippen LogP contribution in [-0.4, -0.2) is 22.8 Å². The first-order valence-corrected chi connectivity index (χ1v) is 7.39. The number of carboxylic acid groups (broad SMARTS) is 1. The van der Waals surface area contributed by atoms with Crippen LogP contribution in [0.2, 0.25) is 0 Å². The molecule has 115 valence electrons. The molecule has 21 heavy (non-hydrogen) atoms. The van der Waals surface area contributed by atoms with Gasteiger partial charge in [0, 0.05) is 53.9 Å². The number of aliphatic imine (C=N–C) groups is 1. The zero-order chi connectivity index (χ0) is 15.4. The molecule has 1 unspecified atom stereocenters. The van der Waals surface area contributed by atoms with Crippen molar-refractivity contribution < 1.29 is 51.2 Å². The fourth-order valence-corrected chi connectivity index (χ4v) is 1.71. The van der Waals surface area contributed by atoms with Crippen molar-refractivity contribution in [3.05, 3.63) is 35.9 Å². The Hall–Kier alpha value is -0.276. The van der Waals surface area contributed by atoms with E-state index in [0.29, 0.717) is 12.8 Å². The van der Waals surface area contributed by atoms with Crippen molar-refractivity contribution in [1.29, 1.82) is 0 Å². The quantitative estimate of drug-likeness (QED) is 0.669. The summed E-state index contributed by atoms with van der Waals surface area (Å²) in [4.78, 5) is 15.5. The molecule has 0 amide bonds.